The number of rotatable bonds is 3. The van der Waals surface area contributed by atoms with Crippen LogP contribution in [0, 0.1) is 11.3 Å². The van der Waals surface area contributed by atoms with Crippen molar-refractivity contribution in [1.29, 1.82) is 5.26 Å². The summed E-state index contributed by atoms with van der Waals surface area (Å²) in [4.78, 5) is 8.20. The smallest absolute Gasteiger partial charge is 0.145 e. The van der Waals surface area contributed by atoms with Crippen LogP contribution in [0.4, 0.5) is 5.82 Å². The summed E-state index contributed by atoms with van der Waals surface area (Å²) in [5.41, 5.74) is 6.99. The molecule has 0 unspecified atom stereocenters. The largest absolute Gasteiger partial charge is 0.497 e. The van der Waals surface area contributed by atoms with Crippen LogP contribution in [0.25, 0.3) is 0 Å². The Morgan fingerprint density at radius 3 is 2.61 bits per heavy atom. The molecule has 0 saturated heterocycles. The number of nitrogens with zero attached hydrogens (tertiary/aromatic N) is 3. The molecule has 0 atom stereocenters. The predicted molar refractivity (Wildman–Crippen MR) is 67.0 cm³/mol. The van der Waals surface area contributed by atoms with Gasteiger partial charge in [-0.05, 0) is 17.7 Å². The minimum atomic E-state index is 0.219. The molecular weight excluding hydrogens is 228 g/mol. The van der Waals surface area contributed by atoms with Crippen LogP contribution in [0.1, 0.15) is 17.0 Å². The lowest BCUT2D eigenvalue weighted by Gasteiger charge is -2.04. The first-order valence-corrected chi connectivity index (χ1v) is 5.37. The molecule has 0 aliphatic heterocycles. The normalized spacial score (nSPS) is 9.78. The molecule has 0 fully saturated rings. The Morgan fingerprint density at radius 2 is 2.06 bits per heavy atom. The number of anilines is 1. The molecule has 2 aromatic rings. The fourth-order valence-corrected chi connectivity index (χ4v) is 1.53. The Balaban J connectivity index is 2.18. The first kappa shape index (κ1) is 11.9. The van der Waals surface area contributed by atoms with Crippen molar-refractivity contribution in [3.63, 3.8) is 0 Å². The van der Waals surface area contributed by atoms with Gasteiger partial charge in [-0.1, -0.05) is 12.1 Å². The van der Waals surface area contributed by atoms with Crippen molar-refractivity contribution in [2.24, 2.45) is 0 Å². The lowest BCUT2D eigenvalue weighted by molar-refractivity contribution is 0.414. The van der Waals surface area contributed by atoms with E-state index in [1.54, 1.807) is 7.11 Å². The van der Waals surface area contributed by atoms with Crippen LogP contribution in [0.3, 0.4) is 0 Å². The Hall–Kier alpha value is -2.61. The van der Waals surface area contributed by atoms with Crippen molar-refractivity contribution < 1.29 is 4.74 Å². The molecule has 0 aliphatic carbocycles. The topological polar surface area (TPSA) is 84.8 Å². The Labute approximate surface area is 105 Å². The van der Waals surface area contributed by atoms with Crippen molar-refractivity contribution in [3.8, 4) is 11.8 Å². The molecule has 0 bridgehead atoms. The number of nitrogen functional groups attached to an aromatic ring is 1. The molecule has 5 heteroatoms. The molecule has 0 amide bonds. The second kappa shape index (κ2) is 5.15. The van der Waals surface area contributed by atoms with E-state index in [4.69, 9.17) is 15.7 Å². The molecule has 1 aromatic heterocycles. The van der Waals surface area contributed by atoms with Crippen LogP contribution in [0.5, 0.6) is 5.75 Å². The quantitative estimate of drug-likeness (QED) is 0.879. The van der Waals surface area contributed by atoms with Gasteiger partial charge >= 0.3 is 0 Å². The lowest BCUT2D eigenvalue weighted by atomic mass is 10.1. The number of ether oxygens (including phenoxy) is 1. The second-order valence-electron chi connectivity index (χ2n) is 3.72. The molecule has 90 valence electrons. The zero-order valence-electron chi connectivity index (χ0n) is 9.92. The van der Waals surface area contributed by atoms with Gasteiger partial charge in [-0.15, -0.1) is 0 Å². The minimum absolute atomic E-state index is 0.219. The summed E-state index contributed by atoms with van der Waals surface area (Å²) in [6, 6.07) is 9.57. The summed E-state index contributed by atoms with van der Waals surface area (Å²) in [7, 11) is 1.62. The van der Waals surface area contributed by atoms with Crippen LogP contribution in [-0.4, -0.2) is 17.1 Å². The summed E-state index contributed by atoms with van der Waals surface area (Å²) < 4.78 is 5.08. The summed E-state index contributed by atoms with van der Waals surface area (Å²) in [6.07, 6.45) is 2.01. The highest BCUT2D eigenvalue weighted by Gasteiger charge is 2.04. The summed E-state index contributed by atoms with van der Waals surface area (Å²) in [5.74, 6) is 1.62. The monoisotopic (exact) mass is 240 g/mol. The van der Waals surface area contributed by atoms with Gasteiger partial charge in [0.1, 0.15) is 29.0 Å². The first-order chi connectivity index (χ1) is 8.72. The SMILES string of the molecule is COc1ccc(Cc2ncc(C#N)c(N)n2)cc1. The number of methoxy groups -OCH3 is 1. The van der Waals surface area contributed by atoms with Gasteiger partial charge in [-0.25, -0.2) is 9.97 Å². The minimum Gasteiger partial charge on any atom is -0.497 e. The molecule has 1 aromatic carbocycles. The van der Waals surface area contributed by atoms with E-state index < -0.39 is 0 Å². The molecule has 5 nitrogen and oxygen atoms in total. The van der Waals surface area contributed by atoms with Crippen molar-refractivity contribution in [1.82, 2.24) is 9.97 Å². The second-order valence-corrected chi connectivity index (χ2v) is 3.72. The van der Waals surface area contributed by atoms with Gasteiger partial charge in [-0.3, -0.25) is 0 Å². The van der Waals surface area contributed by atoms with Gasteiger partial charge < -0.3 is 10.5 Å². The van der Waals surface area contributed by atoms with E-state index in [1.807, 2.05) is 30.3 Å². The maximum Gasteiger partial charge on any atom is 0.145 e. The maximum absolute atomic E-state index is 8.73. The van der Waals surface area contributed by atoms with E-state index in [1.165, 1.54) is 6.20 Å². The van der Waals surface area contributed by atoms with Crippen LogP contribution < -0.4 is 10.5 Å². The van der Waals surface area contributed by atoms with E-state index in [0.717, 1.165) is 11.3 Å². The molecule has 0 spiro atoms. The van der Waals surface area contributed by atoms with E-state index in [2.05, 4.69) is 9.97 Å². The number of nitrogens with two attached hydrogens (primary N) is 1. The fourth-order valence-electron chi connectivity index (χ4n) is 1.53. The third-order valence-corrected chi connectivity index (χ3v) is 2.51. The number of hydrogen-bond donors (Lipinski definition) is 1. The summed E-state index contributed by atoms with van der Waals surface area (Å²) >= 11 is 0. The number of nitriles is 1. The Morgan fingerprint density at radius 1 is 1.33 bits per heavy atom. The van der Waals surface area contributed by atoms with E-state index in [9.17, 15) is 0 Å². The zero-order chi connectivity index (χ0) is 13.0. The molecule has 0 saturated carbocycles. The van der Waals surface area contributed by atoms with Crippen LogP contribution in [-0.2, 0) is 6.42 Å². The average Bonchev–Trinajstić information content (AvgIpc) is 2.40. The Kier molecular flexibility index (Phi) is 3.39. The highest BCUT2D eigenvalue weighted by Crippen LogP contribution is 2.14. The van der Waals surface area contributed by atoms with Gasteiger partial charge in [0.2, 0.25) is 0 Å². The fraction of sp³-hybridized carbons (Fsp3) is 0.154. The van der Waals surface area contributed by atoms with Crippen molar-refractivity contribution in [3.05, 3.63) is 47.4 Å². The van der Waals surface area contributed by atoms with Gasteiger partial charge in [0.15, 0.2) is 0 Å². The standard InChI is InChI=1S/C13H12N4O/c1-18-11-4-2-9(3-5-11)6-12-16-8-10(7-14)13(15)17-12/h2-5,8H,6H2,1H3,(H2,15,16,17). The third-order valence-electron chi connectivity index (χ3n) is 2.51. The highest BCUT2D eigenvalue weighted by molar-refractivity contribution is 5.46. The van der Waals surface area contributed by atoms with E-state index >= 15 is 0 Å². The number of aromatic nitrogens is 2. The molecule has 1 heterocycles. The summed E-state index contributed by atoms with van der Waals surface area (Å²) in [6.45, 7) is 0. The highest BCUT2D eigenvalue weighted by atomic mass is 16.5. The van der Waals surface area contributed by atoms with Gasteiger partial charge in [-0.2, -0.15) is 5.26 Å². The van der Waals surface area contributed by atoms with E-state index in [0.29, 0.717) is 17.8 Å². The van der Waals surface area contributed by atoms with Gasteiger partial charge in [0, 0.05) is 6.42 Å². The molecule has 18 heavy (non-hydrogen) atoms. The van der Waals surface area contributed by atoms with E-state index in [-0.39, 0.29) is 5.82 Å². The Bertz CT molecular complexity index is 587. The van der Waals surface area contributed by atoms with Crippen molar-refractivity contribution in [2.75, 3.05) is 12.8 Å². The molecule has 0 aliphatic rings. The van der Waals surface area contributed by atoms with Crippen molar-refractivity contribution >= 4 is 5.82 Å². The summed E-state index contributed by atoms with van der Waals surface area (Å²) in [5, 5.41) is 8.73. The van der Waals surface area contributed by atoms with Gasteiger partial charge in [0.05, 0.1) is 13.3 Å². The van der Waals surface area contributed by atoms with Gasteiger partial charge in [0.25, 0.3) is 0 Å². The number of hydrogen-bond acceptors (Lipinski definition) is 5. The van der Waals surface area contributed by atoms with Crippen LogP contribution in [0.2, 0.25) is 0 Å². The molecule has 2 rings (SSSR count). The maximum atomic E-state index is 8.73. The molecule has 0 radical (unpaired) electrons. The molecular formula is C13H12N4O. The van der Waals surface area contributed by atoms with Crippen LogP contribution in [0.15, 0.2) is 30.5 Å². The zero-order valence-corrected chi connectivity index (χ0v) is 9.92. The average molecular weight is 240 g/mol. The number of benzene rings is 1. The predicted octanol–water partition coefficient (Wildman–Crippen LogP) is 1.53. The van der Waals surface area contributed by atoms with Crippen molar-refractivity contribution in [2.45, 2.75) is 6.42 Å². The van der Waals surface area contributed by atoms with Crippen LogP contribution >= 0.6 is 0 Å². The molecule has 2 N–H and O–H groups in total. The first-order valence-electron chi connectivity index (χ1n) is 5.37. The third kappa shape index (κ3) is 2.55. The lowest BCUT2D eigenvalue weighted by Crippen LogP contribution is -2.02.